The first kappa shape index (κ1) is 13.8. The fourth-order valence-corrected chi connectivity index (χ4v) is 2.13. The van der Waals surface area contributed by atoms with Crippen molar-refractivity contribution in [3.8, 4) is 0 Å². The van der Waals surface area contributed by atoms with E-state index in [1.165, 1.54) is 22.3 Å². The zero-order chi connectivity index (χ0) is 13.5. The Bertz CT molecular complexity index is 520. The van der Waals surface area contributed by atoms with Crippen molar-refractivity contribution in [2.24, 2.45) is 0 Å². The van der Waals surface area contributed by atoms with Crippen LogP contribution in [0.25, 0.3) is 0 Å². The molecule has 0 fully saturated rings. The summed E-state index contributed by atoms with van der Waals surface area (Å²) < 4.78 is 0. The molecule has 0 radical (unpaired) electrons. The Labute approximate surface area is 115 Å². The normalized spacial score (nSPS) is 10.6. The highest BCUT2D eigenvalue weighted by Gasteiger charge is 1.96. The van der Waals surface area contributed by atoms with Crippen molar-refractivity contribution in [2.45, 2.75) is 26.8 Å². The van der Waals surface area contributed by atoms with Crippen LogP contribution < -0.4 is 10.9 Å². The summed E-state index contributed by atoms with van der Waals surface area (Å²) in [6.07, 6.45) is 1.04. The Balaban J connectivity index is 1.69. The van der Waals surface area contributed by atoms with Gasteiger partial charge in [-0.05, 0) is 37.0 Å². The molecule has 0 aliphatic rings. The Morgan fingerprint density at radius 1 is 0.895 bits per heavy atom. The monoisotopic (exact) mass is 254 g/mol. The lowest BCUT2D eigenvalue weighted by Crippen LogP contribution is -2.33. The second-order valence-electron chi connectivity index (χ2n) is 4.95. The van der Waals surface area contributed by atoms with E-state index in [9.17, 15) is 0 Å². The molecule has 2 nitrogen and oxygen atoms in total. The second kappa shape index (κ2) is 7.07. The van der Waals surface area contributed by atoms with Crippen LogP contribution in [0.5, 0.6) is 0 Å². The first-order valence-electron chi connectivity index (χ1n) is 6.81. The van der Waals surface area contributed by atoms with Gasteiger partial charge in [-0.15, -0.1) is 0 Å². The number of hydrazine groups is 1. The predicted molar refractivity (Wildman–Crippen MR) is 80.9 cm³/mol. The van der Waals surface area contributed by atoms with Crippen molar-refractivity contribution >= 4 is 0 Å². The third-order valence-corrected chi connectivity index (χ3v) is 3.29. The van der Waals surface area contributed by atoms with Crippen LogP contribution in [0.2, 0.25) is 0 Å². The highest BCUT2D eigenvalue weighted by Crippen LogP contribution is 2.06. The molecule has 0 bridgehead atoms. The summed E-state index contributed by atoms with van der Waals surface area (Å²) >= 11 is 0. The molecule has 2 aromatic carbocycles. The molecular weight excluding hydrogens is 232 g/mol. The van der Waals surface area contributed by atoms with E-state index in [1.807, 2.05) is 0 Å². The van der Waals surface area contributed by atoms with Crippen molar-refractivity contribution < 1.29 is 0 Å². The number of nitrogens with one attached hydrogen (secondary N) is 2. The van der Waals surface area contributed by atoms with Gasteiger partial charge in [0.2, 0.25) is 0 Å². The Morgan fingerprint density at radius 2 is 1.74 bits per heavy atom. The van der Waals surface area contributed by atoms with E-state index < -0.39 is 0 Å². The SMILES string of the molecule is Cc1cccc(CCNNCc2ccccc2C)c1. The predicted octanol–water partition coefficient (Wildman–Crippen LogP) is 3.14. The average Bonchev–Trinajstić information content (AvgIpc) is 2.40. The summed E-state index contributed by atoms with van der Waals surface area (Å²) in [6.45, 7) is 6.08. The van der Waals surface area contributed by atoms with Crippen LogP contribution in [0, 0.1) is 13.8 Å². The minimum absolute atomic E-state index is 0.862. The molecule has 2 rings (SSSR count). The van der Waals surface area contributed by atoms with E-state index in [2.05, 4.69) is 73.2 Å². The number of hydrogen-bond acceptors (Lipinski definition) is 2. The number of hydrogen-bond donors (Lipinski definition) is 2. The molecule has 0 unspecified atom stereocenters. The molecule has 0 aromatic heterocycles. The number of rotatable bonds is 6. The Kier molecular flexibility index (Phi) is 5.13. The molecule has 2 aromatic rings. The quantitative estimate of drug-likeness (QED) is 0.611. The largest absolute Gasteiger partial charge is 0.257 e. The van der Waals surface area contributed by atoms with Crippen LogP contribution in [0.3, 0.4) is 0 Å². The van der Waals surface area contributed by atoms with Crippen molar-refractivity contribution in [1.82, 2.24) is 10.9 Å². The third kappa shape index (κ3) is 4.51. The molecule has 2 heteroatoms. The topological polar surface area (TPSA) is 24.1 Å². The highest BCUT2D eigenvalue weighted by atomic mass is 15.3. The van der Waals surface area contributed by atoms with Gasteiger partial charge in [-0.3, -0.25) is 10.9 Å². The van der Waals surface area contributed by atoms with Gasteiger partial charge in [0, 0.05) is 13.1 Å². The molecule has 0 spiro atoms. The van der Waals surface area contributed by atoms with Gasteiger partial charge in [-0.25, -0.2) is 0 Å². The van der Waals surface area contributed by atoms with Crippen LogP contribution in [-0.2, 0) is 13.0 Å². The van der Waals surface area contributed by atoms with Crippen molar-refractivity contribution in [1.29, 1.82) is 0 Å². The minimum Gasteiger partial charge on any atom is -0.257 e. The van der Waals surface area contributed by atoms with Crippen molar-refractivity contribution in [2.75, 3.05) is 6.54 Å². The maximum atomic E-state index is 3.28. The van der Waals surface area contributed by atoms with Crippen LogP contribution in [0.15, 0.2) is 48.5 Å². The standard InChI is InChI=1S/C17H22N2/c1-14-6-5-8-16(12-14)10-11-18-19-13-17-9-4-3-7-15(17)2/h3-9,12,18-19H,10-11,13H2,1-2H3. The summed E-state index contributed by atoms with van der Waals surface area (Å²) in [5.74, 6) is 0. The average molecular weight is 254 g/mol. The van der Waals surface area contributed by atoms with Gasteiger partial charge in [0.25, 0.3) is 0 Å². The van der Waals surface area contributed by atoms with Gasteiger partial charge in [-0.1, -0.05) is 54.1 Å². The lowest BCUT2D eigenvalue weighted by Gasteiger charge is -2.09. The molecule has 0 aliphatic heterocycles. The maximum absolute atomic E-state index is 3.28. The summed E-state index contributed by atoms with van der Waals surface area (Å²) in [7, 11) is 0. The number of aryl methyl sites for hydroxylation is 2. The van der Waals surface area contributed by atoms with Gasteiger partial charge in [0.05, 0.1) is 0 Å². The van der Waals surface area contributed by atoms with Crippen molar-refractivity contribution in [3.05, 3.63) is 70.8 Å². The van der Waals surface area contributed by atoms with E-state index in [0.717, 1.165) is 19.5 Å². The minimum atomic E-state index is 0.862. The maximum Gasteiger partial charge on any atom is 0.0353 e. The van der Waals surface area contributed by atoms with E-state index >= 15 is 0 Å². The second-order valence-corrected chi connectivity index (χ2v) is 4.95. The van der Waals surface area contributed by atoms with Crippen LogP contribution in [0.4, 0.5) is 0 Å². The van der Waals surface area contributed by atoms with Gasteiger partial charge >= 0.3 is 0 Å². The summed E-state index contributed by atoms with van der Waals surface area (Å²) in [6, 6.07) is 17.1. The summed E-state index contributed by atoms with van der Waals surface area (Å²) in [4.78, 5) is 0. The molecule has 100 valence electrons. The van der Waals surface area contributed by atoms with Gasteiger partial charge in [-0.2, -0.15) is 0 Å². The molecule has 19 heavy (non-hydrogen) atoms. The van der Waals surface area contributed by atoms with Crippen LogP contribution >= 0.6 is 0 Å². The summed E-state index contributed by atoms with van der Waals surface area (Å²) in [5, 5.41) is 0. The molecule has 0 saturated carbocycles. The van der Waals surface area contributed by atoms with Crippen molar-refractivity contribution in [3.63, 3.8) is 0 Å². The lowest BCUT2D eigenvalue weighted by molar-refractivity contribution is 0.532. The first-order valence-corrected chi connectivity index (χ1v) is 6.81. The van der Waals surface area contributed by atoms with E-state index in [4.69, 9.17) is 0 Å². The first-order chi connectivity index (χ1) is 9.25. The molecule has 0 aliphatic carbocycles. The Morgan fingerprint density at radius 3 is 2.53 bits per heavy atom. The highest BCUT2D eigenvalue weighted by molar-refractivity contribution is 5.25. The van der Waals surface area contributed by atoms with E-state index in [-0.39, 0.29) is 0 Å². The molecule has 0 saturated heterocycles. The number of benzene rings is 2. The van der Waals surface area contributed by atoms with E-state index in [0.29, 0.717) is 0 Å². The van der Waals surface area contributed by atoms with Gasteiger partial charge < -0.3 is 0 Å². The molecule has 0 atom stereocenters. The molecular formula is C17H22N2. The van der Waals surface area contributed by atoms with Gasteiger partial charge in [0.1, 0.15) is 0 Å². The Hall–Kier alpha value is -1.64. The van der Waals surface area contributed by atoms with Gasteiger partial charge in [0.15, 0.2) is 0 Å². The zero-order valence-corrected chi connectivity index (χ0v) is 11.7. The zero-order valence-electron chi connectivity index (χ0n) is 11.7. The fraction of sp³-hybridized carbons (Fsp3) is 0.294. The molecule has 2 N–H and O–H groups in total. The summed E-state index contributed by atoms with van der Waals surface area (Å²) in [5.41, 5.74) is 11.9. The lowest BCUT2D eigenvalue weighted by atomic mass is 10.1. The van der Waals surface area contributed by atoms with Crippen LogP contribution in [-0.4, -0.2) is 6.54 Å². The molecule has 0 amide bonds. The third-order valence-electron chi connectivity index (χ3n) is 3.29. The smallest absolute Gasteiger partial charge is 0.0353 e. The van der Waals surface area contributed by atoms with E-state index in [1.54, 1.807) is 0 Å². The fourth-order valence-electron chi connectivity index (χ4n) is 2.13. The van der Waals surface area contributed by atoms with Crippen LogP contribution in [0.1, 0.15) is 22.3 Å². The molecule has 0 heterocycles.